The molecule has 0 saturated heterocycles. The third kappa shape index (κ3) is 3.29. The molecule has 0 atom stereocenters. The van der Waals surface area contributed by atoms with Crippen molar-refractivity contribution >= 4 is 15.9 Å². The van der Waals surface area contributed by atoms with Crippen LogP contribution in [0.3, 0.4) is 0 Å². The molecule has 0 bridgehead atoms. The Morgan fingerprint density at radius 1 is 1.35 bits per heavy atom. The molecule has 20 heavy (non-hydrogen) atoms. The van der Waals surface area contributed by atoms with E-state index >= 15 is 0 Å². The molecule has 0 saturated carbocycles. The van der Waals surface area contributed by atoms with Crippen LogP contribution in [-0.4, -0.2) is 21.4 Å². The number of hydrogen-bond acceptors (Lipinski definition) is 4. The second-order valence-corrected chi connectivity index (χ2v) is 4.42. The summed E-state index contributed by atoms with van der Waals surface area (Å²) in [6, 6.07) is 4.86. The second kappa shape index (κ2) is 5.16. The molecule has 0 unspecified atom stereocenters. The first-order valence-corrected chi connectivity index (χ1v) is 5.90. The molecule has 0 aliphatic rings. The van der Waals surface area contributed by atoms with Crippen LogP contribution < -0.4 is 10.3 Å². The van der Waals surface area contributed by atoms with Crippen molar-refractivity contribution in [2.24, 2.45) is 0 Å². The van der Waals surface area contributed by atoms with Crippen LogP contribution in [0, 0.1) is 0 Å². The van der Waals surface area contributed by atoms with Gasteiger partial charge < -0.3 is 14.8 Å². The van der Waals surface area contributed by atoms with Crippen LogP contribution in [0.25, 0.3) is 11.4 Å². The maximum absolute atomic E-state index is 12.1. The summed E-state index contributed by atoms with van der Waals surface area (Å²) >= 11 is 2.81. The number of nitrogens with one attached hydrogen (secondary N) is 1. The molecule has 106 valence electrons. The average molecular weight is 351 g/mol. The van der Waals surface area contributed by atoms with E-state index in [2.05, 4.69) is 30.6 Å². The number of rotatable bonds is 2. The average Bonchev–Trinajstić information content (AvgIpc) is 2.33. The topological polar surface area (TPSA) is 75.2 Å². The van der Waals surface area contributed by atoms with Crippen LogP contribution in [0.2, 0.25) is 0 Å². The van der Waals surface area contributed by atoms with Gasteiger partial charge in [0.15, 0.2) is 0 Å². The monoisotopic (exact) mass is 350 g/mol. The van der Waals surface area contributed by atoms with E-state index in [0.29, 0.717) is 0 Å². The molecule has 5 nitrogen and oxygen atoms in total. The standard InChI is InChI=1S/C11H6BrF3N2O3/c12-7-9(18)16-8(17-10(7)19)5-2-1-3-6(4-5)20-11(13,14)15/h1-4H,(H2,16,17,18,19). The van der Waals surface area contributed by atoms with Gasteiger partial charge >= 0.3 is 6.36 Å². The zero-order valence-electron chi connectivity index (χ0n) is 9.53. The number of aromatic hydroxyl groups is 1. The van der Waals surface area contributed by atoms with E-state index in [4.69, 9.17) is 0 Å². The number of alkyl halides is 3. The first-order chi connectivity index (χ1) is 9.26. The summed E-state index contributed by atoms with van der Waals surface area (Å²) in [5.74, 6) is -1.10. The fraction of sp³-hybridized carbons (Fsp3) is 0.0909. The Balaban J connectivity index is 2.44. The van der Waals surface area contributed by atoms with Gasteiger partial charge in [-0.1, -0.05) is 12.1 Å². The van der Waals surface area contributed by atoms with Gasteiger partial charge in [-0.05, 0) is 28.1 Å². The van der Waals surface area contributed by atoms with Gasteiger partial charge in [-0.3, -0.25) is 4.79 Å². The minimum absolute atomic E-state index is 0.0803. The molecule has 1 heterocycles. The van der Waals surface area contributed by atoms with Crippen molar-refractivity contribution in [3.05, 3.63) is 39.1 Å². The molecule has 1 aromatic heterocycles. The third-order valence-electron chi connectivity index (χ3n) is 2.19. The van der Waals surface area contributed by atoms with Crippen molar-refractivity contribution < 1.29 is 23.0 Å². The highest BCUT2D eigenvalue weighted by Crippen LogP contribution is 2.27. The Morgan fingerprint density at radius 2 is 2.05 bits per heavy atom. The lowest BCUT2D eigenvalue weighted by Gasteiger charge is -2.10. The highest BCUT2D eigenvalue weighted by Gasteiger charge is 2.31. The summed E-state index contributed by atoms with van der Waals surface area (Å²) in [6.45, 7) is 0. The molecule has 2 aromatic rings. The second-order valence-electron chi connectivity index (χ2n) is 3.63. The van der Waals surface area contributed by atoms with Gasteiger partial charge in [0.2, 0.25) is 5.88 Å². The quantitative estimate of drug-likeness (QED) is 0.873. The molecule has 0 fully saturated rings. The van der Waals surface area contributed by atoms with Gasteiger partial charge in [-0.2, -0.15) is 4.98 Å². The van der Waals surface area contributed by atoms with Gasteiger partial charge in [-0.15, -0.1) is 13.2 Å². The summed E-state index contributed by atoms with van der Waals surface area (Å²) in [5.41, 5.74) is -0.499. The zero-order chi connectivity index (χ0) is 14.9. The number of hydrogen-bond donors (Lipinski definition) is 2. The Labute approximate surface area is 118 Å². The lowest BCUT2D eigenvalue weighted by Crippen LogP contribution is -2.17. The van der Waals surface area contributed by atoms with Gasteiger partial charge in [0.1, 0.15) is 16.0 Å². The van der Waals surface area contributed by atoms with Crippen molar-refractivity contribution in [3.8, 4) is 23.0 Å². The maximum Gasteiger partial charge on any atom is 0.573 e. The largest absolute Gasteiger partial charge is 0.573 e. The van der Waals surface area contributed by atoms with E-state index in [9.17, 15) is 23.1 Å². The molecule has 0 aliphatic heterocycles. The van der Waals surface area contributed by atoms with Crippen LogP contribution in [0.4, 0.5) is 13.2 Å². The number of halogens is 4. The smallest absolute Gasteiger partial charge is 0.492 e. The number of aromatic amines is 1. The molecular formula is C11H6BrF3N2O3. The van der Waals surface area contributed by atoms with Crippen LogP contribution in [0.1, 0.15) is 0 Å². The van der Waals surface area contributed by atoms with Gasteiger partial charge in [0.05, 0.1) is 0 Å². The lowest BCUT2D eigenvalue weighted by molar-refractivity contribution is -0.274. The van der Waals surface area contributed by atoms with Crippen molar-refractivity contribution in [1.29, 1.82) is 0 Å². The molecule has 2 N–H and O–H groups in total. The molecule has 0 amide bonds. The molecule has 0 radical (unpaired) electrons. The lowest BCUT2D eigenvalue weighted by atomic mass is 10.2. The van der Waals surface area contributed by atoms with Crippen molar-refractivity contribution in [2.45, 2.75) is 6.36 Å². The Bertz CT molecular complexity index is 700. The van der Waals surface area contributed by atoms with Gasteiger partial charge in [0.25, 0.3) is 5.56 Å². The van der Waals surface area contributed by atoms with Crippen molar-refractivity contribution in [3.63, 3.8) is 0 Å². The minimum Gasteiger partial charge on any atom is -0.492 e. The molecule has 0 spiro atoms. The summed E-state index contributed by atoms with van der Waals surface area (Å²) in [5, 5.41) is 9.41. The highest BCUT2D eigenvalue weighted by molar-refractivity contribution is 9.10. The first-order valence-electron chi connectivity index (χ1n) is 5.11. The van der Waals surface area contributed by atoms with E-state index in [1.807, 2.05) is 0 Å². The molecule has 2 rings (SSSR count). The maximum atomic E-state index is 12.1. The summed E-state index contributed by atoms with van der Waals surface area (Å²) < 4.78 is 39.9. The third-order valence-corrected chi connectivity index (χ3v) is 2.90. The van der Waals surface area contributed by atoms with Crippen molar-refractivity contribution in [2.75, 3.05) is 0 Å². The fourth-order valence-electron chi connectivity index (χ4n) is 1.42. The van der Waals surface area contributed by atoms with E-state index in [-0.39, 0.29) is 15.9 Å². The van der Waals surface area contributed by atoms with Crippen LogP contribution in [-0.2, 0) is 0 Å². The Morgan fingerprint density at radius 3 is 2.65 bits per heavy atom. The summed E-state index contributed by atoms with van der Waals surface area (Å²) in [6.07, 6.45) is -4.82. The minimum atomic E-state index is -4.82. The van der Waals surface area contributed by atoms with Crippen LogP contribution >= 0.6 is 15.9 Å². The van der Waals surface area contributed by atoms with E-state index < -0.39 is 23.6 Å². The molecular weight excluding hydrogens is 345 g/mol. The van der Waals surface area contributed by atoms with Gasteiger partial charge in [-0.25, -0.2) is 0 Å². The summed E-state index contributed by atoms with van der Waals surface area (Å²) in [7, 11) is 0. The van der Waals surface area contributed by atoms with E-state index in [1.165, 1.54) is 12.1 Å². The SMILES string of the molecule is O=c1[nH]c(-c2cccc(OC(F)(F)F)c2)nc(O)c1Br. The Hall–Kier alpha value is -2.03. The zero-order valence-corrected chi connectivity index (χ0v) is 11.1. The van der Waals surface area contributed by atoms with Crippen LogP contribution in [0.5, 0.6) is 11.6 Å². The van der Waals surface area contributed by atoms with E-state index in [1.54, 1.807) is 0 Å². The Kier molecular flexibility index (Phi) is 3.71. The molecule has 0 aliphatic carbocycles. The van der Waals surface area contributed by atoms with Crippen LogP contribution in [0.15, 0.2) is 33.5 Å². The first kappa shape index (κ1) is 14.4. The predicted octanol–water partition coefficient (Wildman–Crippen LogP) is 2.80. The number of aromatic nitrogens is 2. The van der Waals surface area contributed by atoms with Crippen molar-refractivity contribution in [1.82, 2.24) is 9.97 Å². The van der Waals surface area contributed by atoms with E-state index in [0.717, 1.165) is 12.1 Å². The van der Waals surface area contributed by atoms with Gasteiger partial charge in [0, 0.05) is 5.56 Å². The number of benzene rings is 1. The predicted molar refractivity (Wildman–Crippen MR) is 66.3 cm³/mol. The molecule has 1 aromatic carbocycles. The normalized spacial score (nSPS) is 11.4. The number of nitrogens with zero attached hydrogens (tertiary/aromatic N) is 1. The summed E-state index contributed by atoms with van der Waals surface area (Å²) in [4.78, 5) is 17.4. The highest BCUT2D eigenvalue weighted by atomic mass is 79.9. The fourth-order valence-corrected chi connectivity index (χ4v) is 1.61. The molecule has 9 heteroatoms. The number of ether oxygens (including phenoxy) is 1. The number of H-pyrrole nitrogens is 1.